The van der Waals surface area contributed by atoms with Crippen LogP contribution in [0.1, 0.15) is 41.2 Å². The van der Waals surface area contributed by atoms with E-state index in [4.69, 9.17) is 5.73 Å². The third kappa shape index (κ3) is 4.05. The van der Waals surface area contributed by atoms with Gasteiger partial charge in [0.25, 0.3) is 0 Å². The van der Waals surface area contributed by atoms with Crippen LogP contribution >= 0.6 is 0 Å². The van der Waals surface area contributed by atoms with Crippen molar-refractivity contribution in [3.8, 4) is 0 Å². The molecule has 0 saturated heterocycles. The number of rotatable bonds is 6. The Morgan fingerprint density at radius 2 is 1.63 bits per heavy atom. The number of nitrogens with zero attached hydrogens (tertiary/aromatic N) is 1. The topological polar surface area (TPSA) is 29.3 Å². The van der Waals surface area contributed by atoms with Crippen molar-refractivity contribution in [2.75, 3.05) is 20.1 Å². The molecule has 0 spiro atoms. The Kier molecular flexibility index (Phi) is 6.02. The van der Waals surface area contributed by atoms with Gasteiger partial charge in [-0.1, -0.05) is 19.4 Å². The summed E-state index contributed by atoms with van der Waals surface area (Å²) in [4.78, 5) is 2.41. The van der Waals surface area contributed by atoms with Crippen LogP contribution in [0.3, 0.4) is 0 Å². The molecule has 1 atom stereocenters. The Morgan fingerprint density at radius 3 is 2.05 bits per heavy atom. The lowest BCUT2D eigenvalue weighted by atomic mass is 9.93. The van der Waals surface area contributed by atoms with E-state index in [0.29, 0.717) is 5.92 Å². The first-order chi connectivity index (χ1) is 8.90. The largest absolute Gasteiger partial charge is 0.330 e. The summed E-state index contributed by atoms with van der Waals surface area (Å²) in [6.07, 6.45) is 1.16. The summed E-state index contributed by atoms with van der Waals surface area (Å²) in [5, 5.41) is 0. The van der Waals surface area contributed by atoms with Crippen molar-refractivity contribution < 1.29 is 0 Å². The standard InChI is InChI=1S/C17H30N2/c1-7-16(9-18)10-19(6)11-17-14(4)12(2)8-13(3)15(17)5/h8,16H,7,9-11,18H2,1-6H3. The van der Waals surface area contributed by atoms with Gasteiger partial charge in [-0.2, -0.15) is 0 Å². The number of nitrogens with two attached hydrogens (primary N) is 1. The molecule has 0 heterocycles. The van der Waals surface area contributed by atoms with Crippen LogP contribution in [0.15, 0.2) is 6.07 Å². The van der Waals surface area contributed by atoms with Crippen LogP contribution in [-0.4, -0.2) is 25.0 Å². The molecular weight excluding hydrogens is 232 g/mol. The van der Waals surface area contributed by atoms with E-state index in [1.165, 1.54) is 27.8 Å². The third-order valence-electron chi connectivity index (χ3n) is 4.43. The number of hydrogen-bond donors (Lipinski definition) is 1. The molecule has 0 fully saturated rings. The number of aryl methyl sites for hydroxylation is 2. The quantitative estimate of drug-likeness (QED) is 0.852. The maximum atomic E-state index is 5.81. The van der Waals surface area contributed by atoms with Gasteiger partial charge in [0.15, 0.2) is 0 Å². The van der Waals surface area contributed by atoms with Gasteiger partial charge in [-0.15, -0.1) is 0 Å². The second kappa shape index (κ2) is 7.06. The highest BCUT2D eigenvalue weighted by Crippen LogP contribution is 2.23. The van der Waals surface area contributed by atoms with E-state index in [0.717, 1.165) is 26.1 Å². The lowest BCUT2D eigenvalue weighted by Crippen LogP contribution is -2.30. The fourth-order valence-electron chi connectivity index (χ4n) is 2.68. The SMILES string of the molecule is CCC(CN)CN(C)Cc1c(C)c(C)cc(C)c1C. The molecule has 0 radical (unpaired) electrons. The second-order valence-electron chi connectivity index (χ2n) is 5.95. The predicted octanol–water partition coefficient (Wildman–Crippen LogP) is 3.34. The normalized spacial score (nSPS) is 13.1. The Morgan fingerprint density at radius 1 is 1.11 bits per heavy atom. The lowest BCUT2D eigenvalue weighted by molar-refractivity contribution is 0.267. The van der Waals surface area contributed by atoms with Crippen LogP contribution in [0.2, 0.25) is 0 Å². The fourth-order valence-corrected chi connectivity index (χ4v) is 2.68. The monoisotopic (exact) mass is 262 g/mol. The van der Waals surface area contributed by atoms with Gasteiger partial charge >= 0.3 is 0 Å². The summed E-state index contributed by atoms with van der Waals surface area (Å²) >= 11 is 0. The highest BCUT2D eigenvalue weighted by molar-refractivity contribution is 5.43. The third-order valence-corrected chi connectivity index (χ3v) is 4.43. The van der Waals surface area contributed by atoms with Gasteiger partial charge in [-0.25, -0.2) is 0 Å². The molecule has 0 saturated carbocycles. The fraction of sp³-hybridized carbons (Fsp3) is 0.647. The molecule has 1 aromatic carbocycles. The van der Waals surface area contributed by atoms with E-state index in [2.05, 4.69) is 52.6 Å². The van der Waals surface area contributed by atoms with Gasteiger partial charge < -0.3 is 10.6 Å². The molecule has 2 N–H and O–H groups in total. The average molecular weight is 262 g/mol. The first-order valence-corrected chi connectivity index (χ1v) is 7.35. The molecule has 19 heavy (non-hydrogen) atoms. The Labute approximate surface area is 119 Å². The van der Waals surface area contributed by atoms with E-state index < -0.39 is 0 Å². The van der Waals surface area contributed by atoms with Crippen molar-refractivity contribution in [3.63, 3.8) is 0 Å². The molecule has 0 amide bonds. The van der Waals surface area contributed by atoms with Gasteiger partial charge in [-0.3, -0.25) is 0 Å². The van der Waals surface area contributed by atoms with Gasteiger partial charge in [0, 0.05) is 13.1 Å². The van der Waals surface area contributed by atoms with Crippen molar-refractivity contribution in [1.82, 2.24) is 4.90 Å². The van der Waals surface area contributed by atoms with E-state index in [1.54, 1.807) is 0 Å². The lowest BCUT2D eigenvalue weighted by Gasteiger charge is -2.25. The van der Waals surface area contributed by atoms with Crippen LogP contribution in [0.4, 0.5) is 0 Å². The van der Waals surface area contributed by atoms with Gasteiger partial charge in [-0.05, 0) is 75.0 Å². The molecule has 108 valence electrons. The molecule has 2 heteroatoms. The smallest absolute Gasteiger partial charge is 0.0236 e. The van der Waals surface area contributed by atoms with Crippen LogP contribution in [0, 0.1) is 33.6 Å². The zero-order valence-corrected chi connectivity index (χ0v) is 13.5. The average Bonchev–Trinajstić information content (AvgIpc) is 2.38. The maximum absolute atomic E-state index is 5.81. The van der Waals surface area contributed by atoms with E-state index in [-0.39, 0.29) is 0 Å². The Balaban J connectivity index is 2.87. The number of hydrogen-bond acceptors (Lipinski definition) is 2. The summed E-state index contributed by atoms with van der Waals surface area (Å²) < 4.78 is 0. The van der Waals surface area contributed by atoms with E-state index in [9.17, 15) is 0 Å². The van der Waals surface area contributed by atoms with Crippen LogP contribution in [-0.2, 0) is 6.54 Å². The minimum Gasteiger partial charge on any atom is -0.330 e. The number of benzene rings is 1. The maximum Gasteiger partial charge on any atom is 0.0236 e. The van der Waals surface area contributed by atoms with Gasteiger partial charge in [0.1, 0.15) is 0 Å². The van der Waals surface area contributed by atoms with Crippen molar-refractivity contribution in [2.45, 2.75) is 47.6 Å². The van der Waals surface area contributed by atoms with Crippen molar-refractivity contribution >= 4 is 0 Å². The molecule has 0 bridgehead atoms. The summed E-state index contributed by atoms with van der Waals surface area (Å²) in [5.41, 5.74) is 13.0. The molecule has 0 aliphatic rings. The van der Waals surface area contributed by atoms with Crippen molar-refractivity contribution in [3.05, 3.63) is 33.9 Å². The molecule has 0 aromatic heterocycles. The molecular formula is C17H30N2. The van der Waals surface area contributed by atoms with Crippen molar-refractivity contribution in [2.24, 2.45) is 11.7 Å². The Hall–Kier alpha value is -0.860. The molecule has 1 unspecified atom stereocenters. The molecule has 0 aliphatic heterocycles. The molecule has 0 aliphatic carbocycles. The first kappa shape index (κ1) is 16.2. The summed E-state index contributed by atoms with van der Waals surface area (Å²) in [5.74, 6) is 0.608. The van der Waals surface area contributed by atoms with Gasteiger partial charge in [0.2, 0.25) is 0 Å². The van der Waals surface area contributed by atoms with Gasteiger partial charge in [0.05, 0.1) is 0 Å². The summed E-state index contributed by atoms with van der Waals surface area (Å²) in [7, 11) is 2.20. The minimum absolute atomic E-state index is 0.608. The van der Waals surface area contributed by atoms with E-state index in [1.807, 2.05) is 0 Å². The Bertz CT molecular complexity index is 394. The van der Waals surface area contributed by atoms with Crippen molar-refractivity contribution in [1.29, 1.82) is 0 Å². The highest BCUT2D eigenvalue weighted by Gasteiger charge is 2.13. The predicted molar refractivity (Wildman–Crippen MR) is 84.6 cm³/mol. The van der Waals surface area contributed by atoms with Crippen LogP contribution < -0.4 is 5.73 Å². The van der Waals surface area contributed by atoms with Crippen LogP contribution in [0.25, 0.3) is 0 Å². The minimum atomic E-state index is 0.608. The summed E-state index contributed by atoms with van der Waals surface area (Å²) in [6.45, 7) is 14.0. The van der Waals surface area contributed by atoms with E-state index >= 15 is 0 Å². The second-order valence-corrected chi connectivity index (χ2v) is 5.95. The first-order valence-electron chi connectivity index (χ1n) is 7.35. The molecule has 1 aromatic rings. The summed E-state index contributed by atoms with van der Waals surface area (Å²) in [6, 6.07) is 2.29. The molecule has 2 nitrogen and oxygen atoms in total. The van der Waals surface area contributed by atoms with Crippen LogP contribution in [0.5, 0.6) is 0 Å². The zero-order chi connectivity index (χ0) is 14.6. The zero-order valence-electron chi connectivity index (χ0n) is 13.5. The highest BCUT2D eigenvalue weighted by atomic mass is 15.1. The molecule has 1 rings (SSSR count).